The van der Waals surface area contributed by atoms with E-state index >= 15 is 0 Å². The van der Waals surface area contributed by atoms with Crippen molar-refractivity contribution in [2.45, 2.75) is 42.7 Å². The maximum atomic E-state index is 13.2. The molecular formula is C30H34ClN3O4S. The summed E-state index contributed by atoms with van der Waals surface area (Å²) in [6.07, 6.45) is 2.23. The summed E-state index contributed by atoms with van der Waals surface area (Å²) < 4.78 is 33.3. The number of carbonyl (C=O) groups excluding carboxylic acids is 1. The highest BCUT2D eigenvalue weighted by Gasteiger charge is 2.34. The summed E-state index contributed by atoms with van der Waals surface area (Å²) in [5.74, 6) is -0.0196. The fourth-order valence-electron chi connectivity index (χ4n) is 5.57. The standard InChI is InChI=1S/C30H34ClN3O4S/c1-32(39(36,37)28-11-3-2-4-12-28)21-24(23-9-7-10-26(31)20-23)14-17-33-18-15-27(16-19-33)34-29-13-6-5-8-25(29)22-38-30(34)35/h2-13,20,24,27H,14-19,21-22H2,1H3/t24-/m1/s1. The first-order chi connectivity index (χ1) is 18.8. The van der Waals surface area contributed by atoms with Gasteiger partial charge in [0, 0.05) is 43.3 Å². The number of benzene rings is 3. The number of cyclic esters (lactones) is 1. The molecular weight excluding hydrogens is 534 g/mol. The zero-order valence-corrected chi connectivity index (χ0v) is 23.7. The molecule has 7 nitrogen and oxygen atoms in total. The van der Waals surface area contributed by atoms with Crippen LogP contribution in [-0.4, -0.2) is 63.0 Å². The van der Waals surface area contributed by atoms with E-state index in [0.29, 0.717) is 18.2 Å². The Bertz CT molecular complexity index is 1390. The van der Waals surface area contributed by atoms with Gasteiger partial charge in [-0.15, -0.1) is 0 Å². The highest BCUT2D eigenvalue weighted by molar-refractivity contribution is 7.89. The van der Waals surface area contributed by atoms with Gasteiger partial charge in [0.2, 0.25) is 10.0 Å². The largest absolute Gasteiger partial charge is 0.444 e. The third kappa shape index (κ3) is 6.30. The van der Waals surface area contributed by atoms with E-state index in [-0.39, 0.29) is 22.9 Å². The fraction of sp³-hybridized carbons (Fsp3) is 0.367. The van der Waals surface area contributed by atoms with Crippen molar-refractivity contribution in [3.63, 3.8) is 0 Å². The molecule has 1 amide bonds. The molecule has 2 aliphatic heterocycles. The van der Waals surface area contributed by atoms with E-state index < -0.39 is 10.0 Å². The number of anilines is 1. The second-order valence-electron chi connectivity index (χ2n) is 10.3. The first kappa shape index (κ1) is 27.6. The number of sulfonamides is 1. The van der Waals surface area contributed by atoms with Gasteiger partial charge in [0.1, 0.15) is 6.61 Å². The molecule has 9 heteroatoms. The molecule has 39 heavy (non-hydrogen) atoms. The average Bonchev–Trinajstić information content (AvgIpc) is 2.96. The maximum absolute atomic E-state index is 13.2. The molecule has 0 N–H and O–H groups in total. The number of fused-ring (bicyclic) bond motifs is 1. The minimum Gasteiger partial charge on any atom is -0.444 e. The lowest BCUT2D eigenvalue weighted by molar-refractivity contribution is 0.131. The number of rotatable bonds is 9. The second kappa shape index (κ2) is 12.1. The Morgan fingerprint density at radius 2 is 1.72 bits per heavy atom. The third-order valence-electron chi connectivity index (χ3n) is 7.76. The van der Waals surface area contributed by atoms with Gasteiger partial charge in [-0.3, -0.25) is 4.90 Å². The molecule has 5 rings (SSSR count). The van der Waals surface area contributed by atoms with Gasteiger partial charge in [-0.1, -0.05) is 60.1 Å². The molecule has 0 saturated carbocycles. The van der Waals surface area contributed by atoms with E-state index in [1.807, 2.05) is 59.5 Å². The average molecular weight is 568 g/mol. The number of likely N-dealkylation sites (N-methyl/N-ethyl adjacent to an activating group) is 1. The summed E-state index contributed by atoms with van der Waals surface area (Å²) in [5, 5.41) is 0.639. The third-order valence-corrected chi connectivity index (χ3v) is 9.84. The predicted molar refractivity (Wildman–Crippen MR) is 154 cm³/mol. The van der Waals surface area contributed by atoms with Crippen molar-refractivity contribution in [3.8, 4) is 0 Å². The van der Waals surface area contributed by atoms with Crippen LogP contribution in [0.2, 0.25) is 5.02 Å². The van der Waals surface area contributed by atoms with Crippen molar-refractivity contribution in [1.82, 2.24) is 9.21 Å². The van der Waals surface area contributed by atoms with Gasteiger partial charge in [-0.2, -0.15) is 0 Å². The van der Waals surface area contributed by atoms with E-state index in [2.05, 4.69) is 4.90 Å². The molecule has 0 radical (unpaired) electrons. The van der Waals surface area contributed by atoms with Gasteiger partial charge in [0.05, 0.1) is 10.6 Å². The van der Waals surface area contributed by atoms with Gasteiger partial charge in [0.15, 0.2) is 0 Å². The van der Waals surface area contributed by atoms with Crippen molar-refractivity contribution >= 4 is 33.4 Å². The Labute approximate surface area is 236 Å². The van der Waals surface area contributed by atoms with Gasteiger partial charge in [0.25, 0.3) is 0 Å². The lowest BCUT2D eigenvalue weighted by atomic mass is 9.94. The van der Waals surface area contributed by atoms with E-state index in [9.17, 15) is 13.2 Å². The van der Waals surface area contributed by atoms with Crippen LogP contribution >= 0.6 is 11.6 Å². The second-order valence-corrected chi connectivity index (χ2v) is 12.7. The van der Waals surface area contributed by atoms with Crippen LogP contribution in [0, 0.1) is 0 Å². The molecule has 1 fully saturated rings. The lowest BCUT2D eigenvalue weighted by Crippen LogP contribution is -2.49. The molecule has 3 aromatic carbocycles. The normalized spacial score (nSPS) is 17.6. The monoisotopic (exact) mass is 567 g/mol. The number of piperidine rings is 1. The highest BCUT2D eigenvalue weighted by atomic mass is 35.5. The minimum absolute atomic E-state index is 0.0196. The molecule has 0 aromatic heterocycles. The SMILES string of the molecule is CN(C[C@@H](CCN1CCC(N2C(=O)OCc3ccccc32)CC1)c1cccc(Cl)c1)S(=O)(=O)c1ccccc1. The van der Waals surface area contributed by atoms with Crippen LogP contribution in [0.4, 0.5) is 10.5 Å². The number of ether oxygens (including phenoxy) is 1. The van der Waals surface area contributed by atoms with Crippen molar-refractivity contribution in [2.75, 3.05) is 38.1 Å². The first-order valence-electron chi connectivity index (χ1n) is 13.4. The van der Waals surface area contributed by atoms with Crippen LogP contribution in [0.25, 0.3) is 0 Å². The molecule has 0 bridgehead atoms. The number of para-hydroxylation sites is 1. The van der Waals surface area contributed by atoms with Crippen molar-refractivity contribution in [1.29, 1.82) is 0 Å². The molecule has 1 saturated heterocycles. The van der Waals surface area contributed by atoms with Crippen LogP contribution in [0.1, 0.15) is 36.3 Å². The maximum Gasteiger partial charge on any atom is 0.414 e. The molecule has 0 unspecified atom stereocenters. The molecule has 3 aromatic rings. The number of hydrogen-bond donors (Lipinski definition) is 0. The number of nitrogens with zero attached hydrogens (tertiary/aromatic N) is 3. The summed E-state index contributed by atoms with van der Waals surface area (Å²) >= 11 is 6.31. The van der Waals surface area contributed by atoms with Gasteiger partial charge >= 0.3 is 6.09 Å². The molecule has 206 valence electrons. The fourth-order valence-corrected chi connectivity index (χ4v) is 7.00. The Hall–Kier alpha value is -2.91. The Balaban J connectivity index is 1.24. The summed E-state index contributed by atoms with van der Waals surface area (Å²) in [5.41, 5.74) is 3.02. The zero-order valence-electron chi connectivity index (χ0n) is 22.1. The van der Waals surface area contributed by atoms with E-state index in [1.54, 1.807) is 31.3 Å². The number of carbonyl (C=O) groups is 1. The summed E-state index contributed by atoms with van der Waals surface area (Å²) in [6, 6.07) is 24.3. The van der Waals surface area contributed by atoms with Crippen LogP contribution in [0.5, 0.6) is 0 Å². The molecule has 0 spiro atoms. The highest BCUT2D eigenvalue weighted by Crippen LogP contribution is 2.32. The van der Waals surface area contributed by atoms with E-state index in [0.717, 1.165) is 55.7 Å². The van der Waals surface area contributed by atoms with Crippen LogP contribution in [-0.2, 0) is 21.4 Å². The predicted octanol–water partition coefficient (Wildman–Crippen LogP) is 5.76. The topological polar surface area (TPSA) is 70.2 Å². The molecule has 1 atom stereocenters. The zero-order chi connectivity index (χ0) is 27.4. The minimum atomic E-state index is -3.61. The van der Waals surface area contributed by atoms with Crippen LogP contribution in [0.15, 0.2) is 83.8 Å². The Morgan fingerprint density at radius 3 is 2.46 bits per heavy atom. The smallest absolute Gasteiger partial charge is 0.414 e. The number of hydrogen-bond acceptors (Lipinski definition) is 5. The van der Waals surface area contributed by atoms with E-state index in [4.69, 9.17) is 16.3 Å². The number of amides is 1. The number of halogens is 1. The van der Waals surface area contributed by atoms with Crippen molar-refractivity contribution in [3.05, 3.63) is 95.0 Å². The Kier molecular flexibility index (Phi) is 8.57. The summed E-state index contributed by atoms with van der Waals surface area (Å²) in [4.78, 5) is 17.2. The van der Waals surface area contributed by atoms with E-state index in [1.165, 1.54) is 4.31 Å². The lowest BCUT2D eigenvalue weighted by Gasteiger charge is -2.40. The van der Waals surface area contributed by atoms with Crippen LogP contribution < -0.4 is 4.90 Å². The number of likely N-dealkylation sites (tertiary alicyclic amines) is 1. The Morgan fingerprint density at radius 1 is 1.00 bits per heavy atom. The quantitative estimate of drug-likeness (QED) is 0.329. The molecule has 2 heterocycles. The van der Waals surface area contributed by atoms with Gasteiger partial charge < -0.3 is 9.64 Å². The van der Waals surface area contributed by atoms with Crippen LogP contribution in [0.3, 0.4) is 0 Å². The molecule has 2 aliphatic rings. The molecule has 0 aliphatic carbocycles. The van der Waals surface area contributed by atoms with Gasteiger partial charge in [-0.25, -0.2) is 17.5 Å². The van der Waals surface area contributed by atoms with Crippen molar-refractivity contribution in [2.24, 2.45) is 0 Å². The van der Waals surface area contributed by atoms with Gasteiger partial charge in [-0.05, 0) is 67.6 Å². The first-order valence-corrected chi connectivity index (χ1v) is 15.2. The summed E-state index contributed by atoms with van der Waals surface area (Å²) in [7, 11) is -1.97. The van der Waals surface area contributed by atoms with Crippen molar-refractivity contribution < 1.29 is 17.9 Å². The summed E-state index contributed by atoms with van der Waals surface area (Å²) in [6.45, 7) is 3.21.